The maximum Gasteiger partial charge on any atom is 0.223 e. The zero-order valence-corrected chi connectivity index (χ0v) is 12.7. The number of hydrogen-bond acceptors (Lipinski definition) is 3. The maximum atomic E-state index is 6.03. The molecule has 1 N–H and O–H groups in total. The Kier molecular flexibility index (Phi) is 4.99. The van der Waals surface area contributed by atoms with Crippen LogP contribution in [-0.2, 0) is 0 Å². The van der Waals surface area contributed by atoms with Crippen LogP contribution in [0.2, 0.25) is 5.02 Å². The molecule has 1 aromatic heterocycles. The van der Waals surface area contributed by atoms with Crippen molar-refractivity contribution in [3.63, 3.8) is 0 Å². The van der Waals surface area contributed by atoms with E-state index in [1.807, 2.05) is 37.3 Å². The number of pyridine rings is 1. The van der Waals surface area contributed by atoms with Crippen LogP contribution < -0.4 is 10.1 Å². The van der Waals surface area contributed by atoms with Gasteiger partial charge in [-0.2, -0.15) is 0 Å². The van der Waals surface area contributed by atoms with E-state index in [9.17, 15) is 0 Å². The van der Waals surface area contributed by atoms with Crippen LogP contribution in [0.4, 0.5) is 0 Å². The highest BCUT2D eigenvalue weighted by molar-refractivity contribution is 6.31. The van der Waals surface area contributed by atoms with Crippen molar-refractivity contribution in [1.82, 2.24) is 10.3 Å². The molecule has 0 saturated carbocycles. The Bertz CT molecular complexity index is 586. The summed E-state index contributed by atoms with van der Waals surface area (Å²) in [5.74, 6) is 1.37. The molecule has 0 aliphatic rings. The third-order valence-electron chi connectivity index (χ3n) is 3.12. The van der Waals surface area contributed by atoms with Crippen LogP contribution in [0.3, 0.4) is 0 Å². The van der Waals surface area contributed by atoms with Gasteiger partial charge in [0, 0.05) is 22.8 Å². The molecule has 1 atom stereocenters. The van der Waals surface area contributed by atoms with E-state index in [1.165, 1.54) is 0 Å². The van der Waals surface area contributed by atoms with Gasteiger partial charge in [-0.25, -0.2) is 4.98 Å². The maximum absolute atomic E-state index is 6.03. The first-order valence-electron chi connectivity index (χ1n) is 6.74. The molecule has 0 saturated heterocycles. The average molecular weight is 291 g/mol. The number of nitrogens with zero attached hydrogens (tertiary/aromatic N) is 1. The molecule has 2 aromatic rings. The Morgan fingerprint density at radius 1 is 1.35 bits per heavy atom. The molecular weight excluding hydrogens is 272 g/mol. The van der Waals surface area contributed by atoms with Crippen molar-refractivity contribution in [2.24, 2.45) is 0 Å². The van der Waals surface area contributed by atoms with Gasteiger partial charge >= 0.3 is 0 Å². The van der Waals surface area contributed by atoms with Crippen molar-refractivity contribution < 1.29 is 4.74 Å². The Morgan fingerprint density at radius 3 is 2.85 bits per heavy atom. The normalized spacial score (nSPS) is 12.2. The topological polar surface area (TPSA) is 34.2 Å². The largest absolute Gasteiger partial charge is 0.439 e. The zero-order chi connectivity index (χ0) is 14.5. The fourth-order valence-electron chi connectivity index (χ4n) is 2.03. The zero-order valence-electron chi connectivity index (χ0n) is 12.0. The number of aryl methyl sites for hydroxylation is 1. The van der Waals surface area contributed by atoms with Crippen LogP contribution in [0.5, 0.6) is 11.6 Å². The second kappa shape index (κ2) is 6.73. The highest BCUT2D eigenvalue weighted by atomic mass is 35.5. The highest BCUT2D eigenvalue weighted by Crippen LogP contribution is 2.29. The minimum atomic E-state index is 0.192. The lowest BCUT2D eigenvalue weighted by Gasteiger charge is -2.16. The van der Waals surface area contributed by atoms with Gasteiger partial charge in [0.2, 0.25) is 5.88 Å². The van der Waals surface area contributed by atoms with Crippen LogP contribution in [-0.4, -0.2) is 11.5 Å². The molecule has 0 aliphatic heterocycles. The molecule has 0 amide bonds. The molecule has 106 valence electrons. The lowest BCUT2D eigenvalue weighted by molar-refractivity contribution is 0.444. The number of aromatic nitrogens is 1. The van der Waals surface area contributed by atoms with Crippen LogP contribution >= 0.6 is 11.6 Å². The van der Waals surface area contributed by atoms with E-state index in [0.29, 0.717) is 5.88 Å². The average Bonchev–Trinajstić information content (AvgIpc) is 2.44. The van der Waals surface area contributed by atoms with E-state index >= 15 is 0 Å². The lowest BCUT2D eigenvalue weighted by Crippen LogP contribution is -2.18. The molecule has 0 bridgehead atoms. The van der Waals surface area contributed by atoms with E-state index in [0.717, 1.165) is 28.4 Å². The summed E-state index contributed by atoms with van der Waals surface area (Å²) in [5, 5.41) is 4.10. The van der Waals surface area contributed by atoms with Gasteiger partial charge < -0.3 is 10.1 Å². The van der Waals surface area contributed by atoms with Crippen LogP contribution in [0.15, 0.2) is 36.5 Å². The van der Waals surface area contributed by atoms with E-state index in [2.05, 4.69) is 24.1 Å². The summed E-state index contributed by atoms with van der Waals surface area (Å²) in [5.41, 5.74) is 2.03. The summed E-state index contributed by atoms with van der Waals surface area (Å²) < 4.78 is 5.90. The lowest BCUT2D eigenvalue weighted by atomic mass is 10.1. The van der Waals surface area contributed by atoms with E-state index < -0.39 is 0 Å². The minimum absolute atomic E-state index is 0.192. The van der Waals surface area contributed by atoms with E-state index in [4.69, 9.17) is 16.3 Å². The van der Waals surface area contributed by atoms with Gasteiger partial charge in [-0.1, -0.05) is 24.6 Å². The van der Waals surface area contributed by atoms with Crippen LogP contribution in [0.1, 0.15) is 31.0 Å². The standard InChI is InChI=1S/C16H19ClN2O/c1-4-18-12(3)14-6-5-9-19-16(14)20-13-7-8-15(17)11(2)10-13/h5-10,12,18H,4H2,1-3H3. The van der Waals surface area contributed by atoms with Gasteiger partial charge in [-0.15, -0.1) is 0 Å². The van der Waals surface area contributed by atoms with Crippen molar-refractivity contribution in [1.29, 1.82) is 0 Å². The number of nitrogens with one attached hydrogen (secondary N) is 1. The highest BCUT2D eigenvalue weighted by Gasteiger charge is 2.12. The van der Waals surface area contributed by atoms with Gasteiger partial charge in [0.05, 0.1) is 0 Å². The fourth-order valence-corrected chi connectivity index (χ4v) is 2.14. The molecule has 2 rings (SSSR count). The van der Waals surface area contributed by atoms with E-state index in [-0.39, 0.29) is 6.04 Å². The number of ether oxygens (including phenoxy) is 1. The summed E-state index contributed by atoms with van der Waals surface area (Å²) in [6.45, 7) is 7.03. The molecule has 1 aromatic carbocycles. The molecule has 1 heterocycles. The molecule has 20 heavy (non-hydrogen) atoms. The summed E-state index contributed by atoms with van der Waals surface area (Å²) in [6, 6.07) is 9.74. The molecule has 0 aliphatic carbocycles. The van der Waals surface area contributed by atoms with Crippen LogP contribution in [0, 0.1) is 6.92 Å². The van der Waals surface area contributed by atoms with Gasteiger partial charge in [-0.3, -0.25) is 0 Å². The monoisotopic (exact) mass is 290 g/mol. The molecule has 3 nitrogen and oxygen atoms in total. The third kappa shape index (κ3) is 3.50. The first-order chi connectivity index (χ1) is 9.61. The molecule has 0 spiro atoms. The SMILES string of the molecule is CCNC(C)c1cccnc1Oc1ccc(Cl)c(C)c1. The predicted octanol–water partition coefficient (Wildman–Crippen LogP) is 4.51. The Labute approximate surface area is 124 Å². The first-order valence-corrected chi connectivity index (χ1v) is 7.12. The molecular formula is C16H19ClN2O. The van der Waals surface area contributed by atoms with E-state index in [1.54, 1.807) is 6.20 Å². The Balaban J connectivity index is 2.26. The van der Waals surface area contributed by atoms with Crippen molar-refractivity contribution in [3.05, 3.63) is 52.7 Å². The molecule has 0 fully saturated rings. The quantitative estimate of drug-likeness (QED) is 0.880. The summed E-state index contributed by atoms with van der Waals surface area (Å²) in [7, 11) is 0. The number of hydrogen-bond donors (Lipinski definition) is 1. The number of rotatable bonds is 5. The third-order valence-corrected chi connectivity index (χ3v) is 3.55. The Hall–Kier alpha value is -1.58. The second-order valence-electron chi connectivity index (χ2n) is 4.69. The molecule has 1 unspecified atom stereocenters. The minimum Gasteiger partial charge on any atom is -0.439 e. The first kappa shape index (κ1) is 14.8. The van der Waals surface area contributed by atoms with Crippen molar-refractivity contribution in [2.75, 3.05) is 6.54 Å². The number of halogens is 1. The van der Waals surface area contributed by atoms with Gasteiger partial charge in [0.15, 0.2) is 0 Å². The Morgan fingerprint density at radius 2 is 2.15 bits per heavy atom. The van der Waals surface area contributed by atoms with Gasteiger partial charge in [-0.05, 0) is 50.2 Å². The summed E-state index contributed by atoms with van der Waals surface area (Å²) in [4.78, 5) is 4.33. The summed E-state index contributed by atoms with van der Waals surface area (Å²) in [6.07, 6.45) is 1.74. The smallest absolute Gasteiger partial charge is 0.223 e. The van der Waals surface area contributed by atoms with Crippen molar-refractivity contribution in [3.8, 4) is 11.6 Å². The molecule has 4 heteroatoms. The predicted molar refractivity (Wildman–Crippen MR) is 82.6 cm³/mol. The van der Waals surface area contributed by atoms with Crippen molar-refractivity contribution in [2.45, 2.75) is 26.8 Å². The number of benzene rings is 1. The fraction of sp³-hybridized carbons (Fsp3) is 0.312. The second-order valence-corrected chi connectivity index (χ2v) is 5.10. The van der Waals surface area contributed by atoms with Crippen LogP contribution in [0.25, 0.3) is 0 Å². The molecule has 0 radical (unpaired) electrons. The van der Waals surface area contributed by atoms with Gasteiger partial charge in [0.25, 0.3) is 0 Å². The van der Waals surface area contributed by atoms with Crippen molar-refractivity contribution >= 4 is 11.6 Å². The van der Waals surface area contributed by atoms with Gasteiger partial charge in [0.1, 0.15) is 5.75 Å². The summed E-state index contributed by atoms with van der Waals surface area (Å²) >= 11 is 6.03.